The molecule has 122 valence electrons. The van der Waals surface area contributed by atoms with Crippen LogP contribution in [0.1, 0.15) is 12.0 Å². The number of ether oxygens (including phenoxy) is 1. The Morgan fingerprint density at radius 1 is 1.13 bits per heavy atom. The van der Waals surface area contributed by atoms with Crippen molar-refractivity contribution in [2.24, 2.45) is 0 Å². The third-order valence-corrected chi connectivity index (χ3v) is 3.84. The summed E-state index contributed by atoms with van der Waals surface area (Å²) >= 11 is 9.40. The summed E-state index contributed by atoms with van der Waals surface area (Å²) in [7, 11) is 0. The molecule has 0 aliphatic heterocycles. The molecule has 0 bridgehead atoms. The fourth-order valence-electron chi connectivity index (χ4n) is 1.89. The highest BCUT2D eigenvalue weighted by Crippen LogP contribution is 2.27. The van der Waals surface area contributed by atoms with E-state index in [2.05, 4.69) is 26.6 Å². The van der Waals surface area contributed by atoms with Gasteiger partial charge in [-0.1, -0.05) is 57.9 Å². The second-order valence-corrected chi connectivity index (χ2v) is 6.19. The first-order valence-corrected chi connectivity index (χ1v) is 8.46. The molecule has 2 amide bonds. The van der Waals surface area contributed by atoms with Crippen LogP contribution < -0.4 is 15.4 Å². The maximum Gasteiger partial charge on any atom is 0.315 e. The molecule has 23 heavy (non-hydrogen) atoms. The van der Waals surface area contributed by atoms with E-state index in [0.717, 1.165) is 10.0 Å². The third-order valence-electron chi connectivity index (χ3n) is 3.05. The smallest absolute Gasteiger partial charge is 0.315 e. The Bertz CT molecular complexity index is 638. The number of carbonyl (C=O) groups excluding carboxylic acids is 1. The van der Waals surface area contributed by atoms with Gasteiger partial charge in [0.25, 0.3) is 0 Å². The van der Waals surface area contributed by atoms with Gasteiger partial charge in [0.1, 0.15) is 5.75 Å². The van der Waals surface area contributed by atoms with Gasteiger partial charge >= 0.3 is 6.03 Å². The highest BCUT2D eigenvalue weighted by molar-refractivity contribution is 9.10. The van der Waals surface area contributed by atoms with E-state index in [0.29, 0.717) is 36.9 Å². The van der Waals surface area contributed by atoms with Gasteiger partial charge in [0.15, 0.2) is 0 Å². The van der Waals surface area contributed by atoms with Gasteiger partial charge in [-0.05, 0) is 30.2 Å². The minimum Gasteiger partial charge on any atom is -0.492 e. The van der Waals surface area contributed by atoms with E-state index in [4.69, 9.17) is 16.3 Å². The topological polar surface area (TPSA) is 50.4 Å². The van der Waals surface area contributed by atoms with Gasteiger partial charge in [-0.2, -0.15) is 0 Å². The Morgan fingerprint density at radius 2 is 1.91 bits per heavy atom. The minimum atomic E-state index is -0.185. The van der Waals surface area contributed by atoms with Crippen LogP contribution in [0.5, 0.6) is 5.75 Å². The molecule has 2 aromatic carbocycles. The first-order chi connectivity index (χ1) is 11.1. The first kappa shape index (κ1) is 17.6. The molecule has 0 saturated heterocycles. The van der Waals surface area contributed by atoms with Gasteiger partial charge in [-0.25, -0.2) is 4.79 Å². The molecule has 0 radical (unpaired) electrons. The lowest BCUT2D eigenvalue weighted by Gasteiger charge is -2.10. The molecular weight excluding hydrogens is 380 g/mol. The van der Waals surface area contributed by atoms with Crippen LogP contribution in [-0.2, 0) is 6.54 Å². The van der Waals surface area contributed by atoms with Gasteiger partial charge in [0.2, 0.25) is 0 Å². The molecule has 4 nitrogen and oxygen atoms in total. The third kappa shape index (κ3) is 6.50. The van der Waals surface area contributed by atoms with E-state index in [9.17, 15) is 4.79 Å². The number of amides is 2. The number of urea groups is 1. The predicted molar refractivity (Wildman–Crippen MR) is 95.9 cm³/mol. The summed E-state index contributed by atoms with van der Waals surface area (Å²) in [5, 5.41) is 6.16. The van der Waals surface area contributed by atoms with Gasteiger partial charge < -0.3 is 15.4 Å². The van der Waals surface area contributed by atoms with E-state index in [1.165, 1.54) is 0 Å². The molecule has 0 spiro atoms. The average Bonchev–Trinajstić information content (AvgIpc) is 2.55. The zero-order chi connectivity index (χ0) is 16.5. The van der Waals surface area contributed by atoms with E-state index in [1.807, 2.05) is 42.5 Å². The van der Waals surface area contributed by atoms with Crippen molar-refractivity contribution in [2.45, 2.75) is 13.0 Å². The number of hydrogen-bond donors (Lipinski definition) is 2. The normalized spacial score (nSPS) is 10.2. The highest BCUT2D eigenvalue weighted by Gasteiger charge is 2.03. The molecule has 0 saturated carbocycles. The molecular formula is C17H18BrClN2O2. The molecule has 2 N–H and O–H groups in total. The first-order valence-electron chi connectivity index (χ1n) is 7.28. The minimum absolute atomic E-state index is 0.185. The molecule has 0 aliphatic rings. The highest BCUT2D eigenvalue weighted by atomic mass is 79.9. The lowest BCUT2D eigenvalue weighted by Crippen LogP contribution is -2.35. The van der Waals surface area contributed by atoms with E-state index < -0.39 is 0 Å². The van der Waals surface area contributed by atoms with Crippen LogP contribution in [-0.4, -0.2) is 19.2 Å². The van der Waals surface area contributed by atoms with Crippen molar-refractivity contribution < 1.29 is 9.53 Å². The van der Waals surface area contributed by atoms with Crippen molar-refractivity contribution >= 4 is 33.6 Å². The molecule has 0 aliphatic carbocycles. The zero-order valence-corrected chi connectivity index (χ0v) is 14.9. The second kappa shape index (κ2) is 9.43. The molecule has 2 rings (SSSR count). The number of hydrogen-bond acceptors (Lipinski definition) is 2. The van der Waals surface area contributed by atoms with Crippen LogP contribution in [0.15, 0.2) is 53.0 Å². The van der Waals surface area contributed by atoms with Gasteiger partial charge in [-0.3, -0.25) is 0 Å². The van der Waals surface area contributed by atoms with Crippen LogP contribution in [0, 0.1) is 0 Å². The van der Waals surface area contributed by atoms with E-state index in [1.54, 1.807) is 6.07 Å². The van der Waals surface area contributed by atoms with Crippen LogP contribution in [0.2, 0.25) is 5.02 Å². The molecule has 6 heteroatoms. The number of halogens is 2. The molecule has 0 unspecified atom stereocenters. The average molecular weight is 398 g/mol. The maximum atomic E-state index is 11.7. The maximum absolute atomic E-state index is 11.7. The van der Waals surface area contributed by atoms with Crippen LogP contribution >= 0.6 is 27.5 Å². The van der Waals surface area contributed by atoms with Crippen molar-refractivity contribution in [3.05, 3.63) is 63.6 Å². The van der Waals surface area contributed by atoms with Gasteiger partial charge in [0.05, 0.1) is 11.6 Å². The summed E-state index contributed by atoms with van der Waals surface area (Å²) in [6, 6.07) is 15.1. The monoisotopic (exact) mass is 396 g/mol. The molecule has 2 aromatic rings. The molecule has 0 aromatic heterocycles. The number of rotatable bonds is 7. The summed E-state index contributed by atoms with van der Waals surface area (Å²) in [6.45, 7) is 1.53. The zero-order valence-electron chi connectivity index (χ0n) is 12.5. The fourth-order valence-corrected chi connectivity index (χ4v) is 2.62. The molecule has 0 heterocycles. The Labute approximate surface area is 149 Å². The van der Waals surface area contributed by atoms with Crippen molar-refractivity contribution in [3.8, 4) is 5.75 Å². The fraction of sp³-hybridized carbons (Fsp3) is 0.235. The Kier molecular flexibility index (Phi) is 7.23. The quantitative estimate of drug-likeness (QED) is 0.682. The van der Waals surface area contributed by atoms with Gasteiger partial charge in [0, 0.05) is 17.6 Å². The summed E-state index contributed by atoms with van der Waals surface area (Å²) in [5.41, 5.74) is 1.07. The Balaban J connectivity index is 1.59. The predicted octanol–water partition coefficient (Wildman–Crippen LogP) is 4.37. The lowest BCUT2D eigenvalue weighted by molar-refractivity contribution is 0.238. The lowest BCUT2D eigenvalue weighted by atomic mass is 10.2. The summed E-state index contributed by atoms with van der Waals surface area (Å²) in [4.78, 5) is 11.7. The van der Waals surface area contributed by atoms with Gasteiger partial charge in [-0.15, -0.1) is 0 Å². The number of benzene rings is 2. The van der Waals surface area contributed by atoms with Crippen LogP contribution in [0.3, 0.4) is 0 Å². The second-order valence-electron chi connectivity index (χ2n) is 4.87. The van der Waals surface area contributed by atoms with Crippen LogP contribution in [0.25, 0.3) is 0 Å². The summed E-state index contributed by atoms with van der Waals surface area (Å²) in [6.07, 6.45) is 0.700. The Morgan fingerprint density at radius 3 is 2.65 bits per heavy atom. The van der Waals surface area contributed by atoms with Crippen molar-refractivity contribution in [3.63, 3.8) is 0 Å². The van der Waals surface area contributed by atoms with Crippen molar-refractivity contribution in [2.75, 3.05) is 13.2 Å². The summed E-state index contributed by atoms with van der Waals surface area (Å²) in [5.74, 6) is 0.642. The largest absolute Gasteiger partial charge is 0.492 e. The number of carbonyl (C=O) groups is 1. The summed E-state index contributed by atoms with van der Waals surface area (Å²) < 4.78 is 6.49. The molecule has 0 atom stereocenters. The number of nitrogens with one attached hydrogen (secondary N) is 2. The van der Waals surface area contributed by atoms with E-state index >= 15 is 0 Å². The van der Waals surface area contributed by atoms with E-state index in [-0.39, 0.29) is 6.03 Å². The van der Waals surface area contributed by atoms with Crippen molar-refractivity contribution in [1.82, 2.24) is 10.6 Å². The Hall–Kier alpha value is -1.72. The standard InChI is InChI=1S/C17H18BrClN2O2/c18-14-7-8-16(15(19)11-14)23-10-4-9-20-17(22)21-12-13-5-2-1-3-6-13/h1-3,5-8,11H,4,9-10,12H2,(H2,20,21,22). The van der Waals surface area contributed by atoms with Crippen molar-refractivity contribution in [1.29, 1.82) is 0 Å². The SMILES string of the molecule is O=C(NCCCOc1ccc(Br)cc1Cl)NCc1ccccc1. The van der Waals surface area contributed by atoms with Crippen LogP contribution in [0.4, 0.5) is 4.79 Å². The molecule has 0 fully saturated rings.